The lowest BCUT2D eigenvalue weighted by Gasteiger charge is -2.16. The van der Waals surface area contributed by atoms with Crippen LogP contribution < -0.4 is 5.32 Å². The lowest BCUT2D eigenvalue weighted by molar-refractivity contribution is 0.465. The van der Waals surface area contributed by atoms with Gasteiger partial charge in [-0.2, -0.15) is 5.10 Å². The lowest BCUT2D eigenvalue weighted by atomic mass is 9.92. The SMILES string of the molecule is CC(C)(C)c1nc(NCc2cccc(Br)c2O)sc1-n1cncn1. The number of hydrogen-bond acceptors (Lipinski definition) is 6. The first-order chi connectivity index (χ1) is 11.4. The summed E-state index contributed by atoms with van der Waals surface area (Å²) in [6, 6.07) is 5.58. The third kappa shape index (κ3) is 3.44. The Balaban J connectivity index is 1.88. The maximum Gasteiger partial charge on any atom is 0.185 e. The number of benzene rings is 1. The maximum absolute atomic E-state index is 10.1. The van der Waals surface area contributed by atoms with E-state index in [1.807, 2.05) is 18.2 Å². The van der Waals surface area contributed by atoms with Crippen LogP contribution in [0, 0.1) is 0 Å². The summed E-state index contributed by atoms with van der Waals surface area (Å²) in [7, 11) is 0. The van der Waals surface area contributed by atoms with Crippen molar-refractivity contribution in [3.05, 3.63) is 46.6 Å². The van der Waals surface area contributed by atoms with Gasteiger partial charge in [0.1, 0.15) is 23.4 Å². The zero-order valence-electron chi connectivity index (χ0n) is 13.6. The Hall–Kier alpha value is -1.93. The van der Waals surface area contributed by atoms with Gasteiger partial charge >= 0.3 is 0 Å². The summed E-state index contributed by atoms with van der Waals surface area (Å²) < 4.78 is 2.42. The molecule has 0 aliphatic rings. The van der Waals surface area contributed by atoms with Crippen molar-refractivity contribution >= 4 is 32.4 Å². The molecule has 0 radical (unpaired) electrons. The number of para-hydroxylation sites is 1. The van der Waals surface area contributed by atoms with Crippen molar-refractivity contribution in [3.63, 3.8) is 0 Å². The van der Waals surface area contributed by atoms with Gasteiger partial charge in [-0.15, -0.1) is 0 Å². The number of hydrogen-bond donors (Lipinski definition) is 2. The Morgan fingerprint density at radius 3 is 2.79 bits per heavy atom. The fourth-order valence-electron chi connectivity index (χ4n) is 2.22. The number of phenols is 1. The average Bonchev–Trinajstić information content (AvgIpc) is 3.16. The molecule has 0 saturated carbocycles. The number of nitrogens with one attached hydrogen (secondary N) is 1. The van der Waals surface area contributed by atoms with E-state index in [9.17, 15) is 5.11 Å². The minimum Gasteiger partial charge on any atom is -0.506 e. The summed E-state index contributed by atoms with van der Waals surface area (Å²) in [4.78, 5) is 8.75. The van der Waals surface area contributed by atoms with E-state index in [0.717, 1.165) is 21.4 Å². The van der Waals surface area contributed by atoms with Gasteiger partial charge in [0.25, 0.3) is 0 Å². The number of aromatic hydroxyl groups is 1. The average molecular weight is 408 g/mol. The van der Waals surface area contributed by atoms with Gasteiger partial charge in [0.2, 0.25) is 0 Å². The molecule has 24 heavy (non-hydrogen) atoms. The van der Waals surface area contributed by atoms with E-state index >= 15 is 0 Å². The molecule has 0 atom stereocenters. The molecule has 0 aliphatic carbocycles. The summed E-state index contributed by atoms with van der Waals surface area (Å²) in [5.74, 6) is 0.245. The second-order valence-electron chi connectivity index (χ2n) is 6.36. The van der Waals surface area contributed by atoms with Crippen LogP contribution in [0.1, 0.15) is 32.0 Å². The molecule has 8 heteroatoms. The molecule has 0 unspecified atom stereocenters. The molecule has 6 nitrogen and oxygen atoms in total. The monoisotopic (exact) mass is 407 g/mol. The second kappa shape index (κ2) is 6.52. The normalized spacial score (nSPS) is 11.7. The van der Waals surface area contributed by atoms with Gasteiger partial charge in [0, 0.05) is 17.5 Å². The quantitative estimate of drug-likeness (QED) is 0.680. The minimum atomic E-state index is -0.115. The highest BCUT2D eigenvalue weighted by molar-refractivity contribution is 9.10. The molecule has 0 amide bonds. The Bertz CT molecular complexity index is 839. The van der Waals surface area contributed by atoms with Gasteiger partial charge in [-0.3, -0.25) is 0 Å². The topological polar surface area (TPSA) is 75.9 Å². The van der Waals surface area contributed by atoms with Gasteiger partial charge in [0.05, 0.1) is 10.2 Å². The molecule has 2 aromatic heterocycles. The molecule has 0 fully saturated rings. The summed E-state index contributed by atoms with van der Waals surface area (Å²) in [5, 5.41) is 19.3. The van der Waals surface area contributed by atoms with Crippen molar-refractivity contribution in [3.8, 4) is 10.8 Å². The van der Waals surface area contributed by atoms with Crippen LogP contribution in [-0.2, 0) is 12.0 Å². The van der Waals surface area contributed by atoms with E-state index in [1.165, 1.54) is 17.7 Å². The van der Waals surface area contributed by atoms with Crippen molar-refractivity contribution in [2.24, 2.45) is 0 Å². The van der Waals surface area contributed by atoms with Crippen molar-refractivity contribution in [2.75, 3.05) is 5.32 Å². The molecule has 2 N–H and O–H groups in total. The first-order valence-electron chi connectivity index (χ1n) is 7.43. The highest BCUT2D eigenvalue weighted by Gasteiger charge is 2.25. The molecule has 126 valence electrons. The van der Waals surface area contributed by atoms with Crippen LogP contribution in [0.15, 0.2) is 35.3 Å². The predicted octanol–water partition coefficient (Wildman–Crippen LogP) is 4.10. The Morgan fingerprint density at radius 2 is 2.12 bits per heavy atom. The van der Waals surface area contributed by atoms with Gasteiger partial charge in [-0.05, 0) is 22.0 Å². The number of halogens is 1. The highest BCUT2D eigenvalue weighted by Crippen LogP contribution is 2.35. The summed E-state index contributed by atoms with van der Waals surface area (Å²) >= 11 is 4.85. The lowest BCUT2D eigenvalue weighted by Crippen LogP contribution is -2.15. The Labute approximate surface area is 152 Å². The summed E-state index contributed by atoms with van der Waals surface area (Å²) in [6.45, 7) is 6.84. The van der Waals surface area contributed by atoms with Crippen molar-refractivity contribution in [1.82, 2.24) is 19.7 Å². The smallest absolute Gasteiger partial charge is 0.185 e. The standard InChI is InChI=1S/C16H18BrN5OS/c1-16(2,3)13-14(22-9-18-8-20-22)24-15(21-13)19-7-10-5-4-6-11(17)12(10)23/h4-6,8-9,23H,7H2,1-3H3,(H,19,21). The predicted molar refractivity (Wildman–Crippen MR) is 98.9 cm³/mol. The molecule has 1 aromatic carbocycles. The van der Waals surface area contributed by atoms with Crippen LogP contribution in [0.3, 0.4) is 0 Å². The summed E-state index contributed by atoms with van der Waals surface area (Å²) in [5.41, 5.74) is 1.65. The van der Waals surface area contributed by atoms with Crippen molar-refractivity contribution in [1.29, 1.82) is 0 Å². The number of anilines is 1. The summed E-state index contributed by atoms with van der Waals surface area (Å²) in [6.07, 6.45) is 3.19. The Kier molecular flexibility index (Phi) is 4.60. The van der Waals surface area contributed by atoms with Crippen molar-refractivity contribution in [2.45, 2.75) is 32.7 Å². The van der Waals surface area contributed by atoms with Crippen molar-refractivity contribution < 1.29 is 5.11 Å². The highest BCUT2D eigenvalue weighted by atomic mass is 79.9. The molecular formula is C16H18BrN5OS. The molecule has 0 spiro atoms. The first kappa shape index (κ1) is 16.9. The number of aromatic nitrogens is 4. The molecule has 0 bridgehead atoms. The zero-order chi connectivity index (χ0) is 17.3. The van der Waals surface area contributed by atoms with Crippen LogP contribution in [0.25, 0.3) is 5.00 Å². The van der Waals surface area contributed by atoms with Crippen LogP contribution in [-0.4, -0.2) is 24.9 Å². The third-order valence-corrected chi connectivity index (χ3v) is 5.09. The fraction of sp³-hybridized carbons (Fsp3) is 0.312. The second-order valence-corrected chi connectivity index (χ2v) is 8.20. The molecule has 0 saturated heterocycles. The first-order valence-corrected chi connectivity index (χ1v) is 9.04. The van der Waals surface area contributed by atoms with Gasteiger partial charge < -0.3 is 10.4 Å². The fourth-order valence-corrected chi connectivity index (χ4v) is 3.73. The van der Waals surface area contributed by atoms with Gasteiger partial charge in [-0.25, -0.2) is 14.6 Å². The molecule has 2 heterocycles. The van der Waals surface area contributed by atoms with E-state index < -0.39 is 0 Å². The largest absolute Gasteiger partial charge is 0.506 e. The number of rotatable bonds is 4. The minimum absolute atomic E-state index is 0.115. The van der Waals surface area contributed by atoms with E-state index in [-0.39, 0.29) is 11.2 Å². The molecule has 3 aromatic rings. The van der Waals surface area contributed by atoms with Gasteiger partial charge in [0.15, 0.2) is 5.13 Å². The molecule has 3 rings (SSSR count). The van der Waals surface area contributed by atoms with Crippen LogP contribution in [0.2, 0.25) is 0 Å². The molecular weight excluding hydrogens is 390 g/mol. The van der Waals surface area contributed by atoms with E-state index in [1.54, 1.807) is 11.0 Å². The number of thiazole rings is 1. The van der Waals surface area contributed by atoms with E-state index in [0.29, 0.717) is 11.0 Å². The van der Waals surface area contributed by atoms with Crippen LogP contribution in [0.5, 0.6) is 5.75 Å². The van der Waals surface area contributed by atoms with Crippen LogP contribution in [0.4, 0.5) is 5.13 Å². The van der Waals surface area contributed by atoms with Gasteiger partial charge in [-0.1, -0.05) is 44.2 Å². The maximum atomic E-state index is 10.1. The van der Waals surface area contributed by atoms with E-state index in [4.69, 9.17) is 4.98 Å². The Morgan fingerprint density at radius 1 is 1.33 bits per heavy atom. The number of nitrogens with zero attached hydrogens (tertiary/aromatic N) is 4. The van der Waals surface area contributed by atoms with Crippen LogP contribution >= 0.6 is 27.3 Å². The molecule has 0 aliphatic heterocycles. The number of phenolic OH excluding ortho intramolecular Hbond substituents is 1. The van der Waals surface area contributed by atoms with E-state index in [2.05, 4.69) is 52.1 Å². The zero-order valence-corrected chi connectivity index (χ0v) is 16.0. The third-order valence-electron chi connectivity index (χ3n) is 3.45.